The molecule has 4 aromatic rings. The standard InChI is InChI=1S/C25H21ClFN5O4S/c1-16-21(24(26)32(30-16)19-12-10-18(27)11-13-19)15-28-29-25(33)17-6-5-7-20(14-17)37(34,35)31-22-8-3-4-9-23(22)36-2/h3-15,31H,1-2H3,(H,29,33)/b28-15-. The van der Waals surface area contributed by atoms with E-state index < -0.39 is 15.9 Å². The molecule has 0 bridgehead atoms. The minimum Gasteiger partial charge on any atom is -0.495 e. The molecule has 190 valence electrons. The van der Waals surface area contributed by atoms with E-state index in [0.29, 0.717) is 22.7 Å². The van der Waals surface area contributed by atoms with Gasteiger partial charge in [0.15, 0.2) is 0 Å². The molecular formula is C25H21ClFN5O4S. The first-order chi connectivity index (χ1) is 17.7. The molecule has 12 heteroatoms. The molecule has 1 heterocycles. The molecule has 9 nitrogen and oxygen atoms in total. The Morgan fingerprint density at radius 1 is 1.11 bits per heavy atom. The Morgan fingerprint density at radius 2 is 1.84 bits per heavy atom. The van der Waals surface area contributed by atoms with E-state index >= 15 is 0 Å². The molecule has 0 aliphatic rings. The lowest BCUT2D eigenvalue weighted by Crippen LogP contribution is -2.19. The number of nitrogens with one attached hydrogen (secondary N) is 2. The summed E-state index contributed by atoms with van der Waals surface area (Å²) in [6, 6.07) is 17.7. The molecule has 3 aromatic carbocycles. The van der Waals surface area contributed by atoms with Crippen LogP contribution in [0.2, 0.25) is 5.15 Å². The molecule has 0 radical (unpaired) electrons. The Kier molecular flexibility index (Phi) is 7.55. The largest absolute Gasteiger partial charge is 0.495 e. The molecule has 37 heavy (non-hydrogen) atoms. The number of hydrazone groups is 1. The monoisotopic (exact) mass is 541 g/mol. The third-order valence-corrected chi connectivity index (χ3v) is 6.96. The van der Waals surface area contributed by atoms with Crippen molar-refractivity contribution in [1.29, 1.82) is 0 Å². The highest BCUT2D eigenvalue weighted by molar-refractivity contribution is 7.92. The van der Waals surface area contributed by atoms with Gasteiger partial charge in [-0.05, 0) is 61.5 Å². The summed E-state index contributed by atoms with van der Waals surface area (Å²) in [6.07, 6.45) is 1.33. The fraction of sp³-hybridized carbons (Fsp3) is 0.0800. The summed E-state index contributed by atoms with van der Waals surface area (Å²) in [7, 11) is -2.57. The number of aryl methyl sites for hydroxylation is 1. The summed E-state index contributed by atoms with van der Waals surface area (Å²) >= 11 is 6.42. The van der Waals surface area contributed by atoms with Gasteiger partial charge in [0.2, 0.25) is 0 Å². The van der Waals surface area contributed by atoms with Gasteiger partial charge in [-0.25, -0.2) is 22.9 Å². The van der Waals surface area contributed by atoms with Crippen molar-refractivity contribution < 1.29 is 22.3 Å². The van der Waals surface area contributed by atoms with E-state index in [4.69, 9.17) is 16.3 Å². The maximum absolute atomic E-state index is 13.2. The third kappa shape index (κ3) is 5.79. The van der Waals surface area contributed by atoms with Crippen molar-refractivity contribution in [3.63, 3.8) is 0 Å². The van der Waals surface area contributed by atoms with E-state index in [2.05, 4.69) is 20.3 Å². The lowest BCUT2D eigenvalue weighted by Gasteiger charge is -2.12. The van der Waals surface area contributed by atoms with Crippen LogP contribution < -0.4 is 14.9 Å². The van der Waals surface area contributed by atoms with Crippen LogP contribution in [0, 0.1) is 12.7 Å². The van der Waals surface area contributed by atoms with Crippen molar-refractivity contribution in [3.05, 3.63) is 101 Å². The Bertz CT molecular complexity index is 1590. The van der Waals surface area contributed by atoms with Crippen molar-refractivity contribution in [3.8, 4) is 11.4 Å². The van der Waals surface area contributed by atoms with E-state index in [9.17, 15) is 17.6 Å². The van der Waals surface area contributed by atoms with Gasteiger partial charge in [0.25, 0.3) is 15.9 Å². The number of aromatic nitrogens is 2. The normalized spacial score (nSPS) is 11.5. The molecule has 2 N–H and O–H groups in total. The van der Waals surface area contributed by atoms with Gasteiger partial charge in [-0.2, -0.15) is 10.2 Å². The van der Waals surface area contributed by atoms with Crippen molar-refractivity contribution in [2.75, 3.05) is 11.8 Å². The molecule has 0 saturated carbocycles. The van der Waals surface area contributed by atoms with Gasteiger partial charge in [0.1, 0.15) is 16.7 Å². The zero-order valence-corrected chi connectivity index (χ0v) is 21.2. The SMILES string of the molecule is COc1ccccc1NS(=O)(=O)c1cccc(C(=O)N/N=C\c2c(C)nn(-c3ccc(F)cc3)c2Cl)c1. The second-order valence-corrected chi connectivity index (χ2v) is 9.75. The third-order valence-electron chi connectivity index (χ3n) is 5.24. The average molecular weight is 542 g/mol. The Hall–Kier alpha value is -4.22. The molecule has 4 rings (SSSR count). The number of hydrogen-bond acceptors (Lipinski definition) is 6. The number of ether oxygens (including phenoxy) is 1. The quantitative estimate of drug-likeness (QED) is 0.251. The van der Waals surface area contributed by atoms with Crippen LogP contribution in [-0.2, 0) is 10.0 Å². The Labute approximate surface area is 217 Å². The number of carbonyl (C=O) groups is 1. The summed E-state index contributed by atoms with van der Waals surface area (Å²) in [5, 5.41) is 8.49. The predicted molar refractivity (Wildman–Crippen MR) is 139 cm³/mol. The Balaban J connectivity index is 1.49. The molecule has 0 fully saturated rings. The van der Waals surface area contributed by atoms with Gasteiger partial charge < -0.3 is 4.74 Å². The lowest BCUT2D eigenvalue weighted by atomic mass is 10.2. The van der Waals surface area contributed by atoms with E-state index in [1.54, 1.807) is 31.2 Å². The number of amides is 1. The van der Waals surface area contributed by atoms with E-state index in [0.717, 1.165) is 0 Å². The molecule has 0 saturated heterocycles. The van der Waals surface area contributed by atoms with Crippen LogP contribution in [0.1, 0.15) is 21.6 Å². The van der Waals surface area contributed by atoms with Gasteiger partial charge in [-0.3, -0.25) is 9.52 Å². The van der Waals surface area contributed by atoms with Crippen molar-refractivity contribution in [1.82, 2.24) is 15.2 Å². The van der Waals surface area contributed by atoms with Crippen LogP contribution in [0.4, 0.5) is 10.1 Å². The van der Waals surface area contributed by atoms with Gasteiger partial charge >= 0.3 is 0 Å². The second kappa shape index (κ2) is 10.8. The van der Waals surface area contributed by atoms with Crippen LogP contribution in [0.25, 0.3) is 5.69 Å². The van der Waals surface area contributed by atoms with Gasteiger partial charge in [0.05, 0.1) is 40.9 Å². The Morgan fingerprint density at radius 3 is 2.57 bits per heavy atom. The molecule has 0 spiro atoms. The molecule has 0 aliphatic carbocycles. The fourth-order valence-electron chi connectivity index (χ4n) is 3.37. The minimum atomic E-state index is -4.00. The predicted octanol–water partition coefficient (Wildman–Crippen LogP) is 4.55. The first-order valence-corrected chi connectivity index (χ1v) is 12.7. The number of sulfonamides is 1. The first-order valence-electron chi connectivity index (χ1n) is 10.8. The number of methoxy groups -OCH3 is 1. The molecule has 0 unspecified atom stereocenters. The van der Waals surface area contributed by atoms with Crippen LogP contribution in [0.3, 0.4) is 0 Å². The van der Waals surface area contributed by atoms with E-state index in [-0.39, 0.29) is 27.1 Å². The van der Waals surface area contributed by atoms with Crippen molar-refractivity contribution in [2.24, 2.45) is 5.10 Å². The maximum Gasteiger partial charge on any atom is 0.271 e. The minimum absolute atomic E-state index is 0.0740. The highest BCUT2D eigenvalue weighted by Gasteiger charge is 2.18. The number of rotatable bonds is 8. The molecule has 0 atom stereocenters. The number of benzene rings is 3. The highest BCUT2D eigenvalue weighted by Crippen LogP contribution is 2.26. The summed E-state index contributed by atoms with van der Waals surface area (Å²) in [4.78, 5) is 12.5. The van der Waals surface area contributed by atoms with Crippen LogP contribution in [-0.4, -0.2) is 37.4 Å². The average Bonchev–Trinajstić information content (AvgIpc) is 3.17. The summed E-state index contributed by atoms with van der Waals surface area (Å²) in [5.41, 5.74) is 4.22. The number of halogens is 2. The van der Waals surface area contributed by atoms with Gasteiger partial charge in [-0.1, -0.05) is 29.8 Å². The first kappa shape index (κ1) is 25.9. The highest BCUT2D eigenvalue weighted by atomic mass is 35.5. The summed E-state index contributed by atoms with van der Waals surface area (Å²) in [6.45, 7) is 1.71. The van der Waals surface area contributed by atoms with Gasteiger partial charge in [0, 0.05) is 5.56 Å². The van der Waals surface area contributed by atoms with Crippen LogP contribution in [0.15, 0.2) is 82.8 Å². The number of hydrogen-bond donors (Lipinski definition) is 2. The molecular weight excluding hydrogens is 521 g/mol. The molecule has 1 aromatic heterocycles. The number of nitrogens with zero attached hydrogens (tertiary/aromatic N) is 3. The molecule has 1 amide bonds. The van der Waals surface area contributed by atoms with Crippen molar-refractivity contribution in [2.45, 2.75) is 11.8 Å². The lowest BCUT2D eigenvalue weighted by molar-refractivity contribution is 0.0955. The summed E-state index contributed by atoms with van der Waals surface area (Å²) in [5.74, 6) is -0.669. The number of carbonyl (C=O) groups excluding carboxylic acids is 1. The van der Waals surface area contributed by atoms with Gasteiger partial charge in [-0.15, -0.1) is 0 Å². The zero-order valence-electron chi connectivity index (χ0n) is 19.6. The van der Waals surface area contributed by atoms with Crippen LogP contribution in [0.5, 0.6) is 5.75 Å². The van der Waals surface area contributed by atoms with Crippen molar-refractivity contribution >= 4 is 39.4 Å². The van der Waals surface area contributed by atoms with E-state index in [1.165, 1.54) is 66.5 Å². The van der Waals surface area contributed by atoms with E-state index in [1.807, 2.05) is 0 Å². The summed E-state index contributed by atoms with van der Waals surface area (Å²) < 4.78 is 48.0. The van der Waals surface area contributed by atoms with Crippen LogP contribution >= 0.6 is 11.6 Å². The maximum atomic E-state index is 13.2. The smallest absolute Gasteiger partial charge is 0.271 e. The number of para-hydroxylation sites is 2. The second-order valence-electron chi connectivity index (χ2n) is 7.71. The molecule has 0 aliphatic heterocycles. The zero-order chi connectivity index (χ0) is 26.6. The fourth-order valence-corrected chi connectivity index (χ4v) is 4.81. The topological polar surface area (TPSA) is 115 Å². The number of anilines is 1.